The molecule has 0 amide bonds. The lowest BCUT2D eigenvalue weighted by molar-refractivity contribution is -0.151. The van der Waals surface area contributed by atoms with Gasteiger partial charge in [0.05, 0.1) is 20.8 Å². The highest BCUT2D eigenvalue weighted by atomic mass is 16.5. The maximum absolute atomic E-state index is 11.8. The van der Waals surface area contributed by atoms with Gasteiger partial charge in [-0.1, -0.05) is 0 Å². The molecule has 0 aliphatic rings. The van der Waals surface area contributed by atoms with E-state index in [-0.39, 0.29) is 12.4 Å². The largest absolute Gasteiger partial charge is 0.497 e. The summed E-state index contributed by atoms with van der Waals surface area (Å²) in [5.41, 5.74) is 0.896. The van der Waals surface area contributed by atoms with Crippen molar-refractivity contribution in [1.82, 2.24) is 0 Å². The lowest BCUT2D eigenvalue weighted by atomic mass is 9.96. The van der Waals surface area contributed by atoms with Crippen LogP contribution in [0.4, 0.5) is 0 Å². The van der Waals surface area contributed by atoms with Gasteiger partial charge in [-0.15, -0.1) is 0 Å². The summed E-state index contributed by atoms with van der Waals surface area (Å²) in [5.74, 6) is 0.0336. The zero-order valence-electron chi connectivity index (χ0n) is 13.0. The van der Waals surface area contributed by atoms with Crippen LogP contribution < -0.4 is 9.47 Å². The van der Waals surface area contributed by atoms with E-state index in [4.69, 9.17) is 14.2 Å². The van der Waals surface area contributed by atoms with Gasteiger partial charge in [0.2, 0.25) is 0 Å². The molecule has 0 saturated carbocycles. The zero-order valence-corrected chi connectivity index (χ0v) is 13.0. The smallest absolute Gasteiger partial charge is 0.316 e. The molecule has 0 aliphatic carbocycles. The van der Waals surface area contributed by atoms with Crippen molar-refractivity contribution >= 4 is 11.8 Å². The van der Waals surface area contributed by atoms with Gasteiger partial charge in [0, 0.05) is 0 Å². The minimum atomic E-state index is -0.735. The van der Waals surface area contributed by atoms with E-state index in [0.29, 0.717) is 24.3 Å². The first kappa shape index (κ1) is 17.0. The Hall–Kier alpha value is -2.04. The maximum atomic E-state index is 11.8. The molecule has 5 nitrogen and oxygen atoms in total. The Kier molecular flexibility index (Phi) is 6.72. The summed E-state index contributed by atoms with van der Waals surface area (Å²) in [5, 5.41) is 0. The fourth-order valence-corrected chi connectivity index (χ4v) is 2.11. The van der Waals surface area contributed by atoms with Crippen molar-refractivity contribution in [2.24, 2.45) is 5.92 Å². The molecule has 0 fully saturated rings. The van der Waals surface area contributed by atoms with E-state index < -0.39 is 11.9 Å². The van der Waals surface area contributed by atoms with E-state index in [0.717, 1.165) is 5.56 Å². The highest BCUT2D eigenvalue weighted by molar-refractivity contribution is 5.97. The molecule has 0 heterocycles. The Bertz CT molecular complexity index is 495. The summed E-state index contributed by atoms with van der Waals surface area (Å²) in [6.45, 7) is 3.40. The van der Waals surface area contributed by atoms with Gasteiger partial charge in [0.25, 0.3) is 0 Å². The van der Waals surface area contributed by atoms with Gasteiger partial charge in [0.15, 0.2) is 0 Å². The molecular weight excluding hydrogens is 272 g/mol. The number of esters is 1. The third-order valence-corrected chi connectivity index (χ3v) is 3.25. The first-order valence-corrected chi connectivity index (χ1v) is 6.91. The Balaban J connectivity index is 2.84. The minimum Gasteiger partial charge on any atom is -0.497 e. The van der Waals surface area contributed by atoms with Crippen molar-refractivity contribution in [2.75, 3.05) is 20.8 Å². The van der Waals surface area contributed by atoms with Crippen molar-refractivity contribution < 1.29 is 23.8 Å². The first-order valence-electron chi connectivity index (χ1n) is 6.91. The fourth-order valence-electron chi connectivity index (χ4n) is 2.11. The number of Topliss-reactive ketones (excluding diaryl/α,β-unsaturated/α-hetero) is 1. The summed E-state index contributed by atoms with van der Waals surface area (Å²) >= 11 is 0. The number of carbonyl (C=O) groups is 2. The van der Waals surface area contributed by atoms with Crippen LogP contribution in [0.15, 0.2) is 18.2 Å². The summed E-state index contributed by atoms with van der Waals surface area (Å²) < 4.78 is 15.4. The van der Waals surface area contributed by atoms with Crippen LogP contribution in [0.3, 0.4) is 0 Å². The molecule has 1 rings (SSSR count). The molecule has 1 atom stereocenters. The third-order valence-electron chi connectivity index (χ3n) is 3.25. The Morgan fingerprint density at radius 3 is 2.43 bits per heavy atom. The van der Waals surface area contributed by atoms with Crippen LogP contribution in [0.1, 0.15) is 25.8 Å². The second-order valence-corrected chi connectivity index (χ2v) is 4.63. The number of hydrogen-bond donors (Lipinski definition) is 0. The van der Waals surface area contributed by atoms with E-state index in [1.807, 2.05) is 6.07 Å². The predicted octanol–water partition coefficient (Wildman–Crippen LogP) is 2.40. The van der Waals surface area contributed by atoms with Gasteiger partial charge in [-0.05, 0) is 50.5 Å². The monoisotopic (exact) mass is 294 g/mol. The molecule has 0 radical (unpaired) electrons. The molecule has 1 aromatic carbocycles. The Morgan fingerprint density at radius 1 is 1.19 bits per heavy atom. The molecule has 0 aliphatic heterocycles. The molecule has 1 unspecified atom stereocenters. The van der Waals surface area contributed by atoms with Crippen LogP contribution in [0.25, 0.3) is 0 Å². The fraction of sp³-hybridized carbons (Fsp3) is 0.500. The number of ether oxygens (including phenoxy) is 3. The van der Waals surface area contributed by atoms with E-state index >= 15 is 0 Å². The molecule has 1 aromatic rings. The highest BCUT2D eigenvalue weighted by Gasteiger charge is 2.24. The van der Waals surface area contributed by atoms with Gasteiger partial charge in [0.1, 0.15) is 23.2 Å². The number of methoxy groups -OCH3 is 2. The number of ketones is 1. The van der Waals surface area contributed by atoms with Crippen LogP contribution in [0.5, 0.6) is 11.5 Å². The van der Waals surface area contributed by atoms with Gasteiger partial charge in [-0.25, -0.2) is 0 Å². The molecule has 0 N–H and O–H groups in total. The van der Waals surface area contributed by atoms with E-state index in [9.17, 15) is 9.59 Å². The minimum absolute atomic E-state index is 0.185. The van der Waals surface area contributed by atoms with Crippen molar-refractivity contribution in [1.29, 1.82) is 0 Å². The maximum Gasteiger partial charge on any atom is 0.316 e. The van der Waals surface area contributed by atoms with Gasteiger partial charge in [-0.3, -0.25) is 9.59 Å². The number of aryl methyl sites for hydroxylation is 1. The normalized spacial score (nSPS) is 11.6. The summed E-state index contributed by atoms with van der Waals surface area (Å²) in [7, 11) is 3.17. The lowest BCUT2D eigenvalue weighted by Crippen LogP contribution is -2.25. The number of hydrogen-bond acceptors (Lipinski definition) is 5. The van der Waals surface area contributed by atoms with Crippen LogP contribution in [-0.2, 0) is 20.7 Å². The van der Waals surface area contributed by atoms with Crippen molar-refractivity contribution in [3.05, 3.63) is 23.8 Å². The van der Waals surface area contributed by atoms with Gasteiger partial charge in [-0.2, -0.15) is 0 Å². The number of carbonyl (C=O) groups excluding carboxylic acids is 2. The molecule has 0 aromatic heterocycles. The molecule has 21 heavy (non-hydrogen) atoms. The molecule has 116 valence electrons. The van der Waals surface area contributed by atoms with Crippen LogP contribution in [0.2, 0.25) is 0 Å². The van der Waals surface area contributed by atoms with Crippen LogP contribution >= 0.6 is 0 Å². The summed E-state index contributed by atoms with van der Waals surface area (Å²) in [6, 6.07) is 5.46. The summed E-state index contributed by atoms with van der Waals surface area (Å²) in [4.78, 5) is 23.4. The van der Waals surface area contributed by atoms with Crippen molar-refractivity contribution in [2.45, 2.75) is 26.7 Å². The second kappa shape index (κ2) is 8.29. The molecule has 0 saturated heterocycles. The first-order chi connectivity index (χ1) is 10.0. The molecular formula is C16H22O5. The second-order valence-electron chi connectivity index (χ2n) is 4.63. The van der Waals surface area contributed by atoms with Crippen LogP contribution in [-0.4, -0.2) is 32.6 Å². The van der Waals surface area contributed by atoms with Crippen molar-refractivity contribution in [3.63, 3.8) is 0 Å². The Labute approximate surface area is 125 Å². The van der Waals surface area contributed by atoms with E-state index in [2.05, 4.69) is 0 Å². The highest BCUT2D eigenvalue weighted by Crippen LogP contribution is 2.26. The Morgan fingerprint density at radius 2 is 1.90 bits per heavy atom. The summed E-state index contributed by atoms with van der Waals surface area (Å²) in [6.07, 6.45) is 0.918. The molecule has 0 spiro atoms. The number of benzene rings is 1. The van der Waals surface area contributed by atoms with Gasteiger partial charge < -0.3 is 14.2 Å². The predicted molar refractivity (Wildman–Crippen MR) is 78.7 cm³/mol. The van der Waals surface area contributed by atoms with E-state index in [1.54, 1.807) is 33.3 Å². The average Bonchev–Trinajstić information content (AvgIpc) is 2.47. The number of rotatable bonds is 8. The van der Waals surface area contributed by atoms with Gasteiger partial charge >= 0.3 is 5.97 Å². The average molecular weight is 294 g/mol. The standard InChI is InChI=1S/C16H22O5/c1-5-21-16(18)14(11(2)17)8-6-12-10-13(19-3)7-9-15(12)20-4/h7,9-10,14H,5-6,8H2,1-4H3. The van der Waals surface area contributed by atoms with Crippen molar-refractivity contribution in [3.8, 4) is 11.5 Å². The SMILES string of the molecule is CCOC(=O)C(CCc1cc(OC)ccc1OC)C(C)=O. The molecule has 5 heteroatoms. The van der Waals surface area contributed by atoms with Crippen LogP contribution in [0, 0.1) is 5.92 Å². The zero-order chi connectivity index (χ0) is 15.8. The molecule has 0 bridgehead atoms. The van der Waals surface area contributed by atoms with E-state index in [1.165, 1.54) is 6.92 Å². The third kappa shape index (κ3) is 4.77. The quantitative estimate of drug-likeness (QED) is 0.544. The topological polar surface area (TPSA) is 61.8 Å². The lowest BCUT2D eigenvalue weighted by Gasteiger charge is -2.14.